The monoisotopic (exact) mass is 371 g/mol. The zero-order valence-corrected chi connectivity index (χ0v) is 17.2. The summed E-state index contributed by atoms with van der Waals surface area (Å²) in [5.41, 5.74) is 3.91. The highest BCUT2D eigenvalue weighted by Crippen LogP contribution is 2.26. The number of rotatable bonds is 7. The van der Waals surface area contributed by atoms with E-state index in [1.807, 2.05) is 0 Å². The van der Waals surface area contributed by atoms with Crippen LogP contribution in [0.25, 0.3) is 0 Å². The highest BCUT2D eigenvalue weighted by atomic mass is 31.1. The Hall–Kier alpha value is -1.41. The molecule has 0 radical (unpaired) electrons. The lowest BCUT2D eigenvalue weighted by Gasteiger charge is -2.27. The van der Waals surface area contributed by atoms with Gasteiger partial charge in [-0.2, -0.15) is 0 Å². The van der Waals surface area contributed by atoms with Gasteiger partial charge >= 0.3 is 0 Å². The van der Waals surface area contributed by atoms with Gasteiger partial charge in [0, 0.05) is 19.0 Å². The molecule has 2 aromatic carbocycles. The molecule has 140 valence electrons. The number of ether oxygens (including phenoxy) is 2. The average molecular weight is 371 g/mol. The fourth-order valence-corrected chi connectivity index (χ4v) is 5.12. The van der Waals surface area contributed by atoms with Crippen molar-refractivity contribution in [3.05, 3.63) is 53.1 Å². The Bertz CT molecular complexity index is 726. The van der Waals surface area contributed by atoms with Crippen LogP contribution in [0.3, 0.4) is 0 Å². The summed E-state index contributed by atoms with van der Waals surface area (Å²) in [4.78, 5) is 2.59. The van der Waals surface area contributed by atoms with Gasteiger partial charge in [-0.05, 0) is 67.8 Å². The number of piperidine rings is 1. The summed E-state index contributed by atoms with van der Waals surface area (Å²) in [6.07, 6.45) is 4.04. The molecule has 4 heteroatoms. The van der Waals surface area contributed by atoms with Crippen LogP contribution in [0.5, 0.6) is 5.75 Å². The van der Waals surface area contributed by atoms with Gasteiger partial charge in [-0.3, -0.25) is 4.90 Å². The zero-order chi connectivity index (χ0) is 18.4. The number of hydrogen-bond acceptors (Lipinski definition) is 3. The largest absolute Gasteiger partial charge is 0.467 e. The van der Waals surface area contributed by atoms with Gasteiger partial charge < -0.3 is 9.47 Å². The number of benzene rings is 2. The van der Waals surface area contributed by atoms with Crippen molar-refractivity contribution >= 4 is 19.2 Å². The van der Waals surface area contributed by atoms with E-state index >= 15 is 0 Å². The fourth-order valence-electron chi connectivity index (χ4n) is 3.64. The number of aryl methyl sites for hydroxylation is 2. The first kappa shape index (κ1) is 19.4. The topological polar surface area (TPSA) is 21.7 Å². The SMILES string of the molecule is COCOc1c(C)cc(C)cc1Pc1ccccc1CN1CCCCC1. The van der Waals surface area contributed by atoms with E-state index in [1.165, 1.54) is 59.7 Å². The van der Waals surface area contributed by atoms with Crippen molar-refractivity contribution < 1.29 is 9.47 Å². The van der Waals surface area contributed by atoms with Crippen molar-refractivity contribution in [2.45, 2.75) is 39.7 Å². The van der Waals surface area contributed by atoms with Crippen molar-refractivity contribution in [3.63, 3.8) is 0 Å². The minimum Gasteiger partial charge on any atom is -0.467 e. The van der Waals surface area contributed by atoms with Crippen molar-refractivity contribution in [1.82, 2.24) is 4.90 Å². The first-order valence-corrected chi connectivity index (χ1v) is 10.5. The standard InChI is InChI=1S/C22H30NO2P/c1-17-13-18(2)22(25-16-24-3)21(14-17)26-20-10-6-5-9-19(20)15-23-11-7-4-8-12-23/h5-6,9-10,13-14,26H,4,7-8,11-12,15-16H2,1-3H3. The molecule has 0 spiro atoms. The highest BCUT2D eigenvalue weighted by molar-refractivity contribution is 7.55. The Labute approximate surface area is 159 Å². The molecular weight excluding hydrogens is 341 g/mol. The van der Waals surface area contributed by atoms with E-state index in [0.717, 1.165) is 12.3 Å². The molecule has 3 rings (SSSR count). The van der Waals surface area contributed by atoms with Gasteiger partial charge in [-0.25, -0.2) is 0 Å². The molecule has 0 bridgehead atoms. The van der Waals surface area contributed by atoms with E-state index in [9.17, 15) is 0 Å². The van der Waals surface area contributed by atoms with E-state index in [-0.39, 0.29) is 6.79 Å². The zero-order valence-electron chi connectivity index (χ0n) is 16.2. The van der Waals surface area contributed by atoms with Crippen LogP contribution in [0.1, 0.15) is 36.0 Å². The third-order valence-corrected chi connectivity index (χ3v) is 6.27. The van der Waals surface area contributed by atoms with Crippen LogP contribution in [0.4, 0.5) is 0 Å². The van der Waals surface area contributed by atoms with Gasteiger partial charge in [0.25, 0.3) is 0 Å². The van der Waals surface area contributed by atoms with Gasteiger partial charge in [0.1, 0.15) is 5.75 Å². The minimum absolute atomic E-state index is 0.288. The van der Waals surface area contributed by atoms with Crippen molar-refractivity contribution in [3.8, 4) is 5.75 Å². The first-order chi connectivity index (χ1) is 12.7. The predicted molar refractivity (Wildman–Crippen MR) is 112 cm³/mol. The quantitative estimate of drug-likeness (QED) is 0.544. The lowest BCUT2D eigenvalue weighted by atomic mass is 10.1. The summed E-state index contributed by atoms with van der Waals surface area (Å²) in [7, 11) is 2.26. The lowest BCUT2D eigenvalue weighted by molar-refractivity contribution is 0.0514. The van der Waals surface area contributed by atoms with Crippen LogP contribution in [0.2, 0.25) is 0 Å². The summed E-state index contributed by atoms with van der Waals surface area (Å²) >= 11 is 0. The number of likely N-dealkylation sites (tertiary alicyclic amines) is 1. The van der Waals surface area contributed by atoms with E-state index in [1.54, 1.807) is 7.11 Å². The maximum Gasteiger partial charge on any atom is 0.188 e. The molecule has 0 aromatic heterocycles. The maximum absolute atomic E-state index is 5.91. The van der Waals surface area contributed by atoms with E-state index in [4.69, 9.17) is 9.47 Å². The second-order valence-corrected chi connectivity index (χ2v) is 8.46. The van der Waals surface area contributed by atoms with E-state index < -0.39 is 0 Å². The van der Waals surface area contributed by atoms with E-state index in [2.05, 4.69) is 55.1 Å². The van der Waals surface area contributed by atoms with Gasteiger partial charge in [-0.15, -0.1) is 0 Å². The molecule has 1 fully saturated rings. The molecule has 1 aliphatic rings. The maximum atomic E-state index is 5.91. The van der Waals surface area contributed by atoms with Crippen molar-refractivity contribution in [2.75, 3.05) is 27.0 Å². The van der Waals surface area contributed by atoms with Crippen LogP contribution in [-0.4, -0.2) is 31.9 Å². The molecule has 26 heavy (non-hydrogen) atoms. The molecule has 1 atom stereocenters. The van der Waals surface area contributed by atoms with Crippen molar-refractivity contribution in [1.29, 1.82) is 0 Å². The minimum atomic E-state index is 0.288. The summed E-state index contributed by atoms with van der Waals surface area (Å²) in [5, 5.41) is 2.69. The second-order valence-electron chi connectivity index (χ2n) is 7.13. The Balaban J connectivity index is 1.84. The molecule has 0 N–H and O–H groups in total. The molecule has 1 saturated heterocycles. The van der Waals surface area contributed by atoms with Gasteiger partial charge in [0.2, 0.25) is 0 Å². The summed E-state index contributed by atoms with van der Waals surface area (Å²) in [5.74, 6) is 0.976. The Morgan fingerprint density at radius 2 is 1.77 bits per heavy atom. The van der Waals surface area contributed by atoms with Gasteiger partial charge in [0.15, 0.2) is 6.79 Å². The van der Waals surface area contributed by atoms with Crippen LogP contribution in [0, 0.1) is 13.8 Å². The number of methoxy groups -OCH3 is 1. The van der Waals surface area contributed by atoms with Crippen LogP contribution >= 0.6 is 8.58 Å². The molecule has 0 saturated carbocycles. The molecular formula is C22H30NO2P. The number of hydrogen-bond donors (Lipinski definition) is 0. The van der Waals surface area contributed by atoms with Crippen LogP contribution in [0.15, 0.2) is 36.4 Å². The predicted octanol–water partition coefficient (Wildman–Crippen LogP) is 3.90. The van der Waals surface area contributed by atoms with Crippen LogP contribution in [-0.2, 0) is 11.3 Å². The highest BCUT2D eigenvalue weighted by Gasteiger charge is 2.15. The molecule has 1 heterocycles. The first-order valence-electron chi connectivity index (χ1n) is 9.47. The fraction of sp³-hybridized carbons (Fsp3) is 0.455. The second kappa shape index (κ2) is 9.50. The van der Waals surface area contributed by atoms with E-state index in [0.29, 0.717) is 8.58 Å². The van der Waals surface area contributed by atoms with Gasteiger partial charge in [0.05, 0.1) is 0 Å². The number of nitrogens with zero attached hydrogens (tertiary/aromatic N) is 1. The lowest BCUT2D eigenvalue weighted by Crippen LogP contribution is -2.30. The molecule has 0 aliphatic carbocycles. The average Bonchev–Trinajstić information content (AvgIpc) is 2.63. The molecule has 3 nitrogen and oxygen atoms in total. The third-order valence-electron chi connectivity index (χ3n) is 4.87. The summed E-state index contributed by atoms with van der Waals surface area (Å²) in [6, 6.07) is 13.3. The Kier molecular flexibility index (Phi) is 7.07. The van der Waals surface area contributed by atoms with Crippen LogP contribution < -0.4 is 15.3 Å². The summed E-state index contributed by atoms with van der Waals surface area (Å²) < 4.78 is 11.0. The Morgan fingerprint density at radius 1 is 1.00 bits per heavy atom. The van der Waals surface area contributed by atoms with Crippen molar-refractivity contribution in [2.24, 2.45) is 0 Å². The third kappa shape index (κ3) is 5.07. The molecule has 1 aliphatic heterocycles. The summed E-state index contributed by atoms with van der Waals surface area (Å²) in [6.45, 7) is 8.07. The molecule has 1 unspecified atom stereocenters. The van der Waals surface area contributed by atoms with Gasteiger partial charge in [-0.1, -0.05) is 45.3 Å². The Morgan fingerprint density at radius 3 is 2.54 bits per heavy atom. The molecule has 2 aromatic rings. The molecule has 0 amide bonds. The normalized spacial score (nSPS) is 15.7. The smallest absolute Gasteiger partial charge is 0.188 e.